The Morgan fingerprint density at radius 1 is 1.22 bits per heavy atom. The van der Waals surface area contributed by atoms with Gasteiger partial charge in [-0.15, -0.1) is 10.2 Å². The second-order valence-corrected chi connectivity index (χ2v) is 3.62. The lowest BCUT2D eigenvalue weighted by Crippen LogP contribution is -2.24. The van der Waals surface area contributed by atoms with E-state index in [4.69, 9.17) is 4.74 Å². The number of nitrogens with zero attached hydrogens (tertiary/aromatic N) is 4. The Kier molecular flexibility index (Phi) is 4.14. The van der Waals surface area contributed by atoms with Crippen LogP contribution in [0.2, 0.25) is 0 Å². The van der Waals surface area contributed by atoms with E-state index in [-0.39, 0.29) is 6.04 Å². The van der Waals surface area contributed by atoms with E-state index in [2.05, 4.69) is 25.5 Å². The summed E-state index contributed by atoms with van der Waals surface area (Å²) in [5.74, 6) is 0.494. The van der Waals surface area contributed by atoms with Gasteiger partial charge < -0.3 is 10.1 Å². The molecule has 0 aromatic carbocycles. The van der Waals surface area contributed by atoms with Crippen LogP contribution in [0.4, 0.5) is 0 Å². The van der Waals surface area contributed by atoms with E-state index in [1.54, 1.807) is 31.8 Å². The van der Waals surface area contributed by atoms with Gasteiger partial charge in [0.05, 0.1) is 30.7 Å². The molecular formula is C12H15N5O. The number of rotatable bonds is 5. The van der Waals surface area contributed by atoms with Crippen molar-refractivity contribution in [2.24, 2.45) is 0 Å². The molecule has 0 aliphatic carbocycles. The average Bonchev–Trinajstić information content (AvgIpc) is 2.46. The fraction of sp³-hybridized carbons (Fsp3) is 0.333. The molecule has 0 radical (unpaired) electrons. The molecule has 6 nitrogen and oxygen atoms in total. The monoisotopic (exact) mass is 245 g/mol. The molecule has 18 heavy (non-hydrogen) atoms. The summed E-state index contributed by atoms with van der Waals surface area (Å²) in [5, 5.41) is 11.4. The Morgan fingerprint density at radius 3 is 2.67 bits per heavy atom. The first-order valence-electron chi connectivity index (χ1n) is 5.72. The van der Waals surface area contributed by atoms with Crippen LogP contribution >= 0.6 is 0 Å². The summed E-state index contributed by atoms with van der Waals surface area (Å²) in [4.78, 5) is 8.36. The maximum absolute atomic E-state index is 4.99. The summed E-state index contributed by atoms with van der Waals surface area (Å²) in [6.45, 7) is 2.83. The van der Waals surface area contributed by atoms with Crippen molar-refractivity contribution >= 4 is 0 Å². The molecule has 0 amide bonds. The van der Waals surface area contributed by atoms with Crippen molar-refractivity contribution in [2.75, 3.05) is 13.7 Å². The highest BCUT2D eigenvalue weighted by Crippen LogP contribution is 2.18. The molecule has 2 rings (SSSR count). The molecule has 94 valence electrons. The van der Waals surface area contributed by atoms with Crippen LogP contribution in [0, 0.1) is 0 Å². The van der Waals surface area contributed by atoms with E-state index >= 15 is 0 Å². The number of nitrogens with one attached hydrogen (secondary N) is 1. The normalized spacial score (nSPS) is 12.1. The molecule has 2 aromatic rings. The zero-order valence-electron chi connectivity index (χ0n) is 10.4. The summed E-state index contributed by atoms with van der Waals surface area (Å²) in [6.07, 6.45) is 5.03. The second-order valence-electron chi connectivity index (χ2n) is 3.62. The first-order chi connectivity index (χ1) is 8.85. The molecule has 1 N–H and O–H groups in total. The average molecular weight is 245 g/mol. The smallest absolute Gasteiger partial charge is 0.233 e. The van der Waals surface area contributed by atoms with Crippen molar-refractivity contribution in [2.45, 2.75) is 13.0 Å². The van der Waals surface area contributed by atoms with Gasteiger partial charge in [-0.25, -0.2) is 0 Å². The lowest BCUT2D eigenvalue weighted by Gasteiger charge is -2.15. The molecule has 0 bridgehead atoms. The van der Waals surface area contributed by atoms with E-state index in [1.807, 2.05) is 13.0 Å². The predicted molar refractivity (Wildman–Crippen MR) is 66.1 cm³/mol. The number of hydrogen-bond acceptors (Lipinski definition) is 6. The highest BCUT2D eigenvalue weighted by atomic mass is 16.5. The predicted octanol–water partition coefficient (Wildman–Crippen LogP) is 0.974. The van der Waals surface area contributed by atoms with E-state index in [9.17, 15) is 0 Å². The Balaban J connectivity index is 2.29. The third kappa shape index (κ3) is 2.78. The van der Waals surface area contributed by atoms with E-state index < -0.39 is 0 Å². The molecule has 0 fully saturated rings. The van der Waals surface area contributed by atoms with Crippen LogP contribution in [0.25, 0.3) is 0 Å². The highest BCUT2D eigenvalue weighted by molar-refractivity contribution is 5.21. The summed E-state index contributed by atoms with van der Waals surface area (Å²) >= 11 is 0. The van der Waals surface area contributed by atoms with E-state index in [0.29, 0.717) is 5.88 Å². The van der Waals surface area contributed by atoms with Gasteiger partial charge in [0.2, 0.25) is 5.88 Å². The lowest BCUT2D eigenvalue weighted by atomic mass is 10.1. The van der Waals surface area contributed by atoms with Gasteiger partial charge in [-0.2, -0.15) is 0 Å². The van der Waals surface area contributed by atoms with Crippen LogP contribution in [-0.2, 0) is 0 Å². The molecule has 0 spiro atoms. The minimum Gasteiger partial charge on any atom is -0.480 e. The topological polar surface area (TPSA) is 72.8 Å². The van der Waals surface area contributed by atoms with Crippen LogP contribution in [0.15, 0.2) is 30.7 Å². The Morgan fingerprint density at radius 2 is 2.11 bits per heavy atom. The van der Waals surface area contributed by atoms with Crippen LogP contribution < -0.4 is 10.1 Å². The molecule has 1 atom stereocenters. The van der Waals surface area contributed by atoms with Gasteiger partial charge in [0.25, 0.3) is 0 Å². The molecule has 0 saturated carbocycles. The third-order valence-electron chi connectivity index (χ3n) is 2.45. The Hall–Kier alpha value is -2.08. The van der Waals surface area contributed by atoms with Crippen LogP contribution in [0.5, 0.6) is 5.88 Å². The highest BCUT2D eigenvalue weighted by Gasteiger charge is 2.16. The zero-order chi connectivity index (χ0) is 12.8. The van der Waals surface area contributed by atoms with Gasteiger partial charge in [0, 0.05) is 18.5 Å². The molecule has 0 saturated heterocycles. The first-order valence-corrected chi connectivity index (χ1v) is 5.72. The van der Waals surface area contributed by atoms with Gasteiger partial charge in [0.15, 0.2) is 0 Å². The molecule has 2 aromatic heterocycles. The SMILES string of the molecule is CCNC(c1cnccn1)c1ccc(OC)nn1. The quantitative estimate of drug-likeness (QED) is 0.846. The van der Waals surface area contributed by atoms with Gasteiger partial charge in [-0.1, -0.05) is 6.92 Å². The van der Waals surface area contributed by atoms with Crippen molar-refractivity contribution in [1.82, 2.24) is 25.5 Å². The molecule has 0 aliphatic rings. The maximum Gasteiger partial charge on any atom is 0.233 e. The Bertz CT molecular complexity index is 474. The van der Waals surface area contributed by atoms with Gasteiger partial charge >= 0.3 is 0 Å². The fourth-order valence-corrected chi connectivity index (χ4v) is 1.62. The summed E-state index contributed by atoms with van der Waals surface area (Å²) in [7, 11) is 1.56. The minimum atomic E-state index is -0.109. The molecule has 1 unspecified atom stereocenters. The van der Waals surface area contributed by atoms with Gasteiger partial charge in [-0.3, -0.25) is 9.97 Å². The third-order valence-corrected chi connectivity index (χ3v) is 2.45. The van der Waals surface area contributed by atoms with Crippen LogP contribution in [0.3, 0.4) is 0 Å². The van der Waals surface area contributed by atoms with Crippen molar-refractivity contribution in [3.05, 3.63) is 42.1 Å². The number of methoxy groups -OCH3 is 1. The first kappa shape index (κ1) is 12.4. The van der Waals surface area contributed by atoms with E-state index in [1.165, 1.54) is 0 Å². The molecule has 0 aliphatic heterocycles. The lowest BCUT2D eigenvalue weighted by molar-refractivity contribution is 0.390. The number of aromatic nitrogens is 4. The van der Waals surface area contributed by atoms with Crippen molar-refractivity contribution in [1.29, 1.82) is 0 Å². The van der Waals surface area contributed by atoms with Gasteiger partial charge in [0.1, 0.15) is 0 Å². The number of hydrogen-bond donors (Lipinski definition) is 1. The largest absolute Gasteiger partial charge is 0.480 e. The van der Waals surface area contributed by atoms with E-state index in [0.717, 1.165) is 17.9 Å². The minimum absolute atomic E-state index is 0.109. The summed E-state index contributed by atoms with van der Waals surface area (Å²) in [6, 6.07) is 3.54. The van der Waals surface area contributed by atoms with Gasteiger partial charge in [-0.05, 0) is 12.6 Å². The van der Waals surface area contributed by atoms with Crippen LogP contribution in [0.1, 0.15) is 24.4 Å². The van der Waals surface area contributed by atoms with Crippen LogP contribution in [-0.4, -0.2) is 33.8 Å². The fourth-order valence-electron chi connectivity index (χ4n) is 1.62. The number of ether oxygens (including phenoxy) is 1. The maximum atomic E-state index is 4.99. The van der Waals surface area contributed by atoms with Crippen molar-refractivity contribution in [3.8, 4) is 5.88 Å². The zero-order valence-corrected chi connectivity index (χ0v) is 10.4. The summed E-state index contributed by atoms with van der Waals surface area (Å²) < 4.78 is 4.99. The van der Waals surface area contributed by atoms with Crippen molar-refractivity contribution in [3.63, 3.8) is 0 Å². The molecular weight excluding hydrogens is 230 g/mol. The molecule has 2 heterocycles. The van der Waals surface area contributed by atoms with Crippen molar-refractivity contribution < 1.29 is 4.74 Å². The summed E-state index contributed by atoms with van der Waals surface area (Å²) in [5.41, 5.74) is 1.61. The standard InChI is InChI=1S/C12H15N5O/c1-3-14-12(10-8-13-6-7-15-10)9-4-5-11(18-2)17-16-9/h4-8,12,14H,3H2,1-2H3. The molecule has 6 heteroatoms. The Labute approximate surface area is 105 Å². The second kappa shape index (κ2) is 6.02.